The summed E-state index contributed by atoms with van der Waals surface area (Å²) in [5, 5.41) is 7.43. The Morgan fingerprint density at radius 2 is 1.95 bits per heavy atom. The highest BCUT2D eigenvalue weighted by molar-refractivity contribution is 6.44. The van der Waals surface area contributed by atoms with Crippen LogP contribution in [0.5, 0.6) is 0 Å². The Kier molecular flexibility index (Phi) is 4.09. The zero-order valence-corrected chi connectivity index (χ0v) is 12.7. The molecule has 0 radical (unpaired) electrons. The molecule has 0 aliphatic heterocycles. The highest BCUT2D eigenvalue weighted by atomic mass is 35.5. The van der Waals surface area contributed by atoms with Crippen LogP contribution in [0.3, 0.4) is 0 Å². The van der Waals surface area contributed by atoms with E-state index in [0.29, 0.717) is 22.1 Å². The molecule has 0 saturated heterocycles. The maximum absolute atomic E-state index is 12.4. The number of carbonyl (C=O) groups excluding carboxylic acids is 1. The fraction of sp³-hybridized carbons (Fsp3) is 0. The van der Waals surface area contributed by atoms with E-state index >= 15 is 0 Å². The summed E-state index contributed by atoms with van der Waals surface area (Å²) in [5.74, 6) is 0.146. The van der Waals surface area contributed by atoms with Crippen molar-refractivity contribution < 1.29 is 4.79 Å². The van der Waals surface area contributed by atoms with Gasteiger partial charge >= 0.3 is 0 Å². The number of pyridine rings is 1. The molecule has 3 aromatic rings. The van der Waals surface area contributed by atoms with Gasteiger partial charge in [-0.2, -0.15) is 5.10 Å². The van der Waals surface area contributed by atoms with Crippen LogP contribution in [0.25, 0.3) is 5.82 Å². The third kappa shape index (κ3) is 2.81. The van der Waals surface area contributed by atoms with Crippen LogP contribution in [0.15, 0.2) is 55.0 Å². The van der Waals surface area contributed by atoms with E-state index in [-0.39, 0.29) is 10.9 Å². The highest BCUT2D eigenvalue weighted by Gasteiger charge is 2.15. The van der Waals surface area contributed by atoms with Gasteiger partial charge in [0.2, 0.25) is 0 Å². The third-order valence-corrected chi connectivity index (χ3v) is 3.77. The number of halogens is 2. The lowest BCUT2D eigenvalue weighted by Crippen LogP contribution is -2.15. The van der Waals surface area contributed by atoms with Crippen molar-refractivity contribution in [2.75, 3.05) is 5.32 Å². The Balaban J connectivity index is 1.94. The fourth-order valence-electron chi connectivity index (χ4n) is 1.94. The van der Waals surface area contributed by atoms with Crippen LogP contribution in [-0.4, -0.2) is 20.7 Å². The predicted molar refractivity (Wildman–Crippen MR) is 85.8 cm³/mol. The van der Waals surface area contributed by atoms with E-state index in [0.717, 1.165) is 0 Å². The average molecular weight is 333 g/mol. The zero-order valence-electron chi connectivity index (χ0n) is 11.2. The van der Waals surface area contributed by atoms with Crippen molar-refractivity contribution in [1.29, 1.82) is 0 Å². The van der Waals surface area contributed by atoms with Gasteiger partial charge in [0.05, 0.1) is 21.3 Å². The van der Waals surface area contributed by atoms with Gasteiger partial charge in [-0.15, -0.1) is 0 Å². The first-order valence-electron chi connectivity index (χ1n) is 6.37. The van der Waals surface area contributed by atoms with E-state index in [9.17, 15) is 4.79 Å². The van der Waals surface area contributed by atoms with Crippen molar-refractivity contribution in [2.24, 2.45) is 0 Å². The van der Waals surface area contributed by atoms with Gasteiger partial charge in [0.15, 0.2) is 5.82 Å². The van der Waals surface area contributed by atoms with Gasteiger partial charge in [0, 0.05) is 18.6 Å². The summed E-state index contributed by atoms with van der Waals surface area (Å²) in [6.07, 6.45) is 5.00. The smallest absolute Gasteiger partial charge is 0.257 e. The van der Waals surface area contributed by atoms with Crippen molar-refractivity contribution >= 4 is 34.8 Å². The molecule has 0 fully saturated rings. The molecule has 1 aromatic carbocycles. The molecule has 0 bridgehead atoms. The van der Waals surface area contributed by atoms with Crippen LogP contribution in [0, 0.1) is 0 Å². The second-order valence-corrected chi connectivity index (χ2v) is 5.17. The molecule has 22 heavy (non-hydrogen) atoms. The molecule has 110 valence electrons. The molecule has 0 aliphatic carbocycles. The van der Waals surface area contributed by atoms with Crippen LogP contribution in [0.4, 0.5) is 5.69 Å². The van der Waals surface area contributed by atoms with Crippen molar-refractivity contribution in [3.05, 3.63) is 70.6 Å². The lowest BCUT2D eigenvalue weighted by molar-refractivity contribution is 0.102. The topological polar surface area (TPSA) is 59.8 Å². The molecule has 1 N–H and O–H groups in total. The van der Waals surface area contributed by atoms with Crippen LogP contribution < -0.4 is 5.32 Å². The minimum atomic E-state index is -0.367. The van der Waals surface area contributed by atoms with Crippen molar-refractivity contribution in [1.82, 2.24) is 14.8 Å². The predicted octanol–water partition coefficient (Wildman–Crippen LogP) is 3.83. The maximum atomic E-state index is 12.4. The maximum Gasteiger partial charge on any atom is 0.257 e. The first kappa shape index (κ1) is 14.6. The van der Waals surface area contributed by atoms with Gasteiger partial charge in [-0.3, -0.25) is 4.79 Å². The van der Waals surface area contributed by atoms with Gasteiger partial charge < -0.3 is 5.32 Å². The van der Waals surface area contributed by atoms with Gasteiger partial charge in [-0.1, -0.05) is 29.3 Å². The lowest BCUT2D eigenvalue weighted by atomic mass is 10.2. The highest BCUT2D eigenvalue weighted by Crippen LogP contribution is 2.26. The van der Waals surface area contributed by atoms with E-state index in [1.54, 1.807) is 59.7 Å². The van der Waals surface area contributed by atoms with E-state index in [1.165, 1.54) is 0 Å². The van der Waals surface area contributed by atoms with Crippen LogP contribution in [0.1, 0.15) is 10.4 Å². The molecule has 0 saturated carbocycles. The number of amides is 1. The van der Waals surface area contributed by atoms with Crippen LogP contribution in [-0.2, 0) is 0 Å². The summed E-state index contributed by atoms with van der Waals surface area (Å²) in [6.45, 7) is 0. The zero-order chi connectivity index (χ0) is 15.5. The monoisotopic (exact) mass is 332 g/mol. The molecule has 0 unspecified atom stereocenters. The number of rotatable bonds is 3. The largest absolute Gasteiger partial charge is 0.319 e. The van der Waals surface area contributed by atoms with E-state index < -0.39 is 0 Å². The Labute approximate surface area is 136 Å². The Bertz CT molecular complexity index is 818. The summed E-state index contributed by atoms with van der Waals surface area (Å²) < 4.78 is 1.56. The molecular weight excluding hydrogens is 323 g/mol. The summed E-state index contributed by atoms with van der Waals surface area (Å²) in [4.78, 5) is 16.6. The second-order valence-electron chi connectivity index (χ2n) is 4.38. The molecule has 3 rings (SSSR count). The summed E-state index contributed by atoms with van der Waals surface area (Å²) in [6, 6.07) is 10.1. The number of aromatic nitrogens is 3. The summed E-state index contributed by atoms with van der Waals surface area (Å²) >= 11 is 12.0. The second kappa shape index (κ2) is 6.17. The molecule has 7 heteroatoms. The van der Waals surface area contributed by atoms with Gasteiger partial charge in [-0.05, 0) is 30.3 Å². The van der Waals surface area contributed by atoms with Crippen LogP contribution >= 0.6 is 23.2 Å². The Morgan fingerprint density at radius 1 is 1.09 bits per heavy atom. The number of anilines is 1. The number of hydrogen-bond donors (Lipinski definition) is 1. The summed E-state index contributed by atoms with van der Waals surface area (Å²) in [5.41, 5.74) is 0.816. The molecule has 0 aliphatic rings. The van der Waals surface area contributed by atoms with E-state index in [4.69, 9.17) is 23.2 Å². The molecule has 0 atom stereocenters. The number of hydrogen-bond acceptors (Lipinski definition) is 3. The Morgan fingerprint density at radius 3 is 2.73 bits per heavy atom. The average Bonchev–Trinajstić information content (AvgIpc) is 3.04. The SMILES string of the molecule is O=C(Nc1cccnc1-n1cccn1)c1cccc(Cl)c1Cl. The van der Waals surface area contributed by atoms with Gasteiger partial charge in [0.1, 0.15) is 0 Å². The molecule has 1 amide bonds. The first-order chi connectivity index (χ1) is 10.7. The normalized spacial score (nSPS) is 10.5. The number of nitrogens with zero attached hydrogens (tertiary/aromatic N) is 3. The van der Waals surface area contributed by atoms with Gasteiger partial charge in [-0.25, -0.2) is 9.67 Å². The molecule has 2 heterocycles. The summed E-state index contributed by atoms with van der Waals surface area (Å²) in [7, 11) is 0. The fourth-order valence-corrected chi connectivity index (χ4v) is 2.33. The number of benzene rings is 1. The Hall–Kier alpha value is -2.37. The molecular formula is C15H10Cl2N4O. The lowest BCUT2D eigenvalue weighted by Gasteiger charge is -2.11. The van der Waals surface area contributed by atoms with Crippen molar-refractivity contribution in [2.45, 2.75) is 0 Å². The van der Waals surface area contributed by atoms with E-state index in [2.05, 4.69) is 15.4 Å². The minimum Gasteiger partial charge on any atom is -0.319 e. The van der Waals surface area contributed by atoms with Gasteiger partial charge in [0.25, 0.3) is 5.91 Å². The molecule has 5 nitrogen and oxygen atoms in total. The van der Waals surface area contributed by atoms with E-state index in [1.807, 2.05) is 0 Å². The minimum absolute atomic E-state index is 0.214. The quantitative estimate of drug-likeness (QED) is 0.792. The number of nitrogens with one attached hydrogen (secondary N) is 1. The standard InChI is InChI=1S/C15H10Cl2N4O/c16-11-5-1-4-10(13(11)17)15(22)20-12-6-2-7-18-14(12)21-9-3-8-19-21/h1-9H,(H,20,22). The van der Waals surface area contributed by atoms with Crippen molar-refractivity contribution in [3.63, 3.8) is 0 Å². The van der Waals surface area contributed by atoms with Crippen LogP contribution in [0.2, 0.25) is 10.0 Å². The third-order valence-electron chi connectivity index (χ3n) is 2.95. The molecule has 0 spiro atoms. The first-order valence-corrected chi connectivity index (χ1v) is 7.13. The number of carbonyl (C=O) groups is 1. The van der Waals surface area contributed by atoms with Crippen molar-refractivity contribution in [3.8, 4) is 5.82 Å². The molecule has 2 aromatic heterocycles.